The van der Waals surface area contributed by atoms with Crippen molar-refractivity contribution in [3.8, 4) is 33.8 Å². The number of hydrogen-bond acceptors (Lipinski definition) is 14. The molecule has 0 radical (unpaired) electrons. The lowest BCUT2D eigenvalue weighted by atomic mass is 10.1. The lowest BCUT2D eigenvalue weighted by Gasteiger charge is -2.15. The Bertz CT molecular complexity index is 2610. The van der Waals surface area contributed by atoms with Gasteiger partial charge in [-0.2, -0.15) is 0 Å². The number of esters is 2. The molecule has 0 aliphatic rings. The smallest absolute Gasteiger partial charge is 0.332 e. The molecule has 0 aliphatic heterocycles. The van der Waals surface area contributed by atoms with Crippen LogP contribution in [0.15, 0.2) is 140 Å². The van der Waals surface area contributed by atoms with Crippen LogP contribution in [0.2, 0.25) is 0 Å². The van der Waals surface area contributed by atoms with Crippen molar-refractivity contribution in [2.75, 3.05) is 28.3 Å². The van der Waals surface area contributed by atoms with Gasteiger partial charge in [0.25, 0.3) is 0 Å². The summed E-state index contributed by atoms with van der Waals surface area (Å²) in [6.45, 7) is 0. The molecule has 18 heteroatoms. The molecular formula is C42H36F2N2O10S4. The first-order valence-electron chi connectivity index (χ1n) is 17.7. The van der Waals surface area contributed by atoms with Gasteiger partial charge in [0.2, 0.25) is 19.7 Å². The van der Waals surface area contributed by atoms with Gasteiger partial charge in [-0.15, -0.1) is 22.7 Å². The third-order valence-electron chi connectivity index (χ3n) is 8.82. The van der Waals surface area contributed by atoms with Crippen molar-refractivity contribution >= 4 is 54.3 Å². The average Bonchev–Trinajstić information content (AvgIpc) is 3.91. The fraction of sp³-hybridized carbons (Fsp3) is 0.143. The Morgan fingerprint density at radius 2 is 0.950 bits per heavy atom. The molecule has 2 N–H and O–H groups in total. The van der Waals surface area contributed by atoms with Crippen LogP contribution in [0.25, 0.3) is 22.3 Å². The number of carbonyl (C=O) groups is 2. The summed E-state index contributed by atoms with van der Waals surface area (Å²) in [5, 5.41) is 5.58. The summed E-state index contributed by atoms with van der Waals surface area (Å²) in [6.07, 6.45) is -0.922. The number of ether oxygens (including phenoxy) is 4. The van der Waals surface area contributed by atoms with Crippen LogP contribution in [0.3, 0.4) is 0 Å². The predicted octanol–water partition coefficient (Wildman–Crippen LogP) is 7.88. The van der Waals surface area contributed by atoms with Crippen LogP contribution in [0.5, 0.6) is 11.5 Å². The van der Waals surface area contributed by atoms with E-state index in [4.69, 9.17) is 18.9 Å². The van der Waals surface area contributed by atoms with Gasteiger partial charge in [-0.05, 0) is 74.8 Å². The minimum Gasteiger partial charge on any atom is -0.497 e. The van der Waals surface area contributed by atoms with Crippen LogP contribution in [-0.4, -0.2) is 57.1 Å². The topological polar surface area (TPSA) is 163 Å². The Balaban J connectivity index is 1.24. The average molecular weight is 895 g/mol. The van der Waals surface area contributed by atoms with E-state index in [1.54, 1.807) is 24.3 Å². The number of thiophene rings is 2. The maximum absolute atomic E-state index is 15.1. The summed E-state index contributed by atoms with van der Waals surface area (Å²) in [4.78, 5) is 26.3. The van der Waals surface area contributed by atoms with Crippen LogP contribution in [0.4, 0.5) is 8.78 Å². The van der Waals surface area contributed by atoms with Crippen LogP contribution in [0, 0.1) is 11.6 Å². The lowest BCUT2D eigenvalue weighted by molar-refractivity contribution is -0.147. The van der Waals surface area contributed by atoms with Gasteiger partial charge in [-0.3, -0.25) is 10.6 Å². The Morgan fingerprint density at radius 3 is 1.30 bits per heavy atom. The standard InChI is InChI=1S/C42H36F2N2O10S4/c1-45-39(35-23-31(29-15-5-7-17-33(29)43)41(57-35)59(49,50)27-13-9-11-25(21-27)53-3)55-37(47)19-20-38(48)56-40(46-2)36-24-32(30-16-6-8-18-34(30)44)42(58-36)60(51,52)28-14-10-12-26(22-28)54-4/h5-24,39-40,45-46H,1-4H3/b20-19+. The van der Waals surface area contributed by atoms with Crippen molar-refractivity contribution in [1.82, 2.24) is 10.6 Å². The Hall–Kier alpha value is -5.76. The fourth-order valence-electron chi connectivity index (χ4n) is 5.89. The Morgan fingerprint density at radius 1 is 0.567 bits per heavy atom. The highest BCUT2D eigenvalue weighted by Crippen LogP contribution is 2.43. The van der Waals surface area contributed by atoms with Crippen molar-refractivity contribution in [2.24, 2.45) is 0 Å². The van der Waals surface area contributed by atoms with E-state index in [0.29, 0.717) is 11.5 Å². The van der Waals surface area contributed by atoms with Crippen molar-refractivity contribution in [1.29, 1.82) is 0 Å². The first-order valence-corrected chi connectivity index (χ1v) is 22.3. The SMILES string of the molecule is CNC(OC(=O)/C=C/C(=O)OC(NC)c1cc(-c2ccccc2F)c(S(=O)(=O)c2cccc(OC)c2)s1)c1cc(-c2ccccc2F)c(S(=O)(=O)c2cccc(OC)c2)s1. The number of carbonyl (C=O) groups excluding carboxylic acids is 2. The number of rotatable bonds is 16. The van der Waals surface area contributed by atoms with E-state index < -0.39 is 55.7 Å². The molecule has 4 aromatic carbocycles. The van der Waals surface area contributed by atoms with Crippen LogP contribution >= 0.6 is 22.7 Å². The lowest BCUT2D eigenvalue weighted by Crippen LogP contribution is -2.22. The van der Waals surface area contributed by atoms with Gasteiger partial charge >= 0.3 is 11.9 Å². The molecule has 60 heavy (non-hydrogen) atoms. The highest BCUT2D eigenvalue weighted by molar-refractivity contribution is 7.94. The molecule has 0 aliphatic carbocycles. The molecule has 6 rings (SSSR count). The molecule has 2 heterocycles. The van der Waals surface area contributed by atoms with Gasteiger partial charge < -0.3 is 18.9 Å². The summed E-state index contributed by atoms with van der Waals surface area (Å²) in [5.41, 5.74) is 0.0774. The zero-order chi connectivity index (χ0) is 43.2. The fourth-order valence-corrected chi connectivity index (χ4v) is 12.2. The number of sulfone groups is 2. The zero-order valence-corrected chi connectivity index (χ0v) is 35.4. The van der Waals surface area contributed by atoms with Gasteiger partial charge in [-0.25, -0.2) is 35.2 Å². The minimum atomic E-state index is -4.25. The molecule has 2 atom stereocenters. The molecule has 312 valence electrons. The molecule has 0 saturated carbocycles. The third-order valence-corrected chi connectivity index (χ3v) is 15.7. The predicted molar refractivity (Wildman–Crippen MR) is 221 cm³/mol. The first kappa shape index (κ1) is 43.8. The summed E-state index contributed by atoms with van der Waals surface area (Å²) in [7, 11) is -2.82. The molecule has 2 aromatic heterocycles. The second-order valence-corrected chi connectivity index (χ2v) is 19.0. The quantitative estimate of drug-likeness (QED) is 0.0550. The van der Waals surface area contributed by atoms with E-state index in [0.717, 1.165) is 34.8 Å². The monoisotopic (exact) mass is 894 g/mol. The zero-order valence-electron chi connectivity index (χ0n) is 32.2. The number of nitrogens with one attached hydrogen (secondary N) is 2. The van der Waals surface area contributed by atoms with Crippen LogP contribution in [-0.2, 0) is 38.7 Å². The van der Waals surface area contributed by atoms with Crippen molar-refractivity contribution < 1.29 is 54.2 Å². The highest BCUT2D eigenvalue weighted by Gasteiger charge is 2.32. The maximum atomic E-state index is 15.1. The maximum Gasteiger partial charge on any atom is 0.332 e. The summed E-state index contributed by atoms with van der Waals surface area (Å²) in [6, 6.07) is 25.7. The van der Waals surface area contributed by atoms with E-state index in [1.165, 1.54) is 113 Å². The van der Waals surface area contributed by atoms with E-state index in [2.05, 4.69) is 10.6 Å². The van der Waals surface area contributed by atoms with Crippen molar-refractivity contribution in [2.45, 2.75) is 30.7 Å². The number of halogens is 2. The molecule has 6 aromatic rings. The van der Waals surface area contributed by atoms with E-state index >= 15 is 8.78 Å². The van der Waals surface area contributed by atoms with E-state index in [-0.39, 0.29) is 50.2 Å². The second kappa shape index (κ2) is 18.7. The Kier molecular flexibility index (Phi) is 13.6. The number of benzene rings is 4. The van der Waals surface area contributed by atoms with Crippen molar-refractivity contribution in [3.05, 3.63) is 143 Å². The molecule has 0 spiro atoms. The normalized spacial score (nSPS) is 12.8. The first-order chi connectivity index (χ1) is 28.7. The van der Waals surface area contributed by atoms with Gasteiger partial charge in [0.15, 0.2) is 12.5 Å². The molecule has 0 amide bonds. The molecular weight excluding hydrogens is 859 g/mol. The van der Waals surface area contributed by atoms with Crippen LogP contribution < -0.4 is 20.1 Å². The minimum absolute atomic E-state index is 0.00107. The molecule has 0 saturated heterocycles. The molecule has 2 unspecified atom stereocenters. The van der Waals surface area contributed by atoms with Gasteiger partial charge in [0, 0.05) is 34.4 Å². The van der Waals surface area contributed by atoms with E-state index in [9.17, 15) is 26.4 Å². The highest BCUT2D eigenvalue weighted by atomic mass is 32.2. The molecule has 0 bridgehead atoms. The van der Waals surface area contributed by atoms with Crippen molar-refractivity contribution in [3.63, 3.8) is 0 Å². The van der Waals surface area contributed by atoms with Gasteiger partial charge in [0.05, 0.1) is 33.8 Å². The largest absolute Gasteiger partial charge is 0.497 e. The van der Waals surface area contributed by atoms with E-state index in [1.807, 2.05) is 0 Å². The summed E-state index contributed by atoms with van der Waals surface area (Å²) < 4.78 is 107. The number of hydrogen-bond donors (Lipinski definition) is 2. The Labute approximate surface area is 352 Å². The van der Waals surface area contributed by atoms with Gasteiger partial charge in [-0.1, -0.05) is 48.5 Å². The third kappa shape index (κ3) is 9.33. The second-order valence-electron chi connectivity index (χ2n) is 12.6. The summed E-state index contributed by atoms with van der Waals surface area (Å²) >= 11 is 1.52. The van der Waals surface area contributed by atoms with Crippen LogP contribution in [0.1, 0.15) is 22.2 Å². The molecule has 0 fully saturated rings. The number of methoxy groups -OCH3 is 2. The van der Waals surface area contributed by atoms with Gasteiger partial charge in [0.1, 0.15) is 31.6 Å². The molecule has 12 nitrogen and oxygen atoms in total. The summed E-state index contributed by atoms with van der Waals surface area (Å²) in [5.74, 6) is -2.84.